The van der Waals surface area contributed by atoms with Gasteiger partial charge in [0.1, 0.15) is 11.8 Å². The van der Waals surface area contributed by atoms with E-state index in [0.29, 0.717) is 10.6 Å². The van der Waals surface area contributed by atoms with Crippen LogP contribution in [0, 0.1) is 5.92 Å². The molecule has 0 saturated heterocycles. The Kier molecular flexibility index (Phi) is 7.15. The molecule has 0 heterocycles. The Hall–Kier alpha value is -3.09. The van der Waals surface area contributed by atoms with Crippen molar-refractivity contribution in [1.82, 2.24) is 10.7 Å². The number of hydrogen-bond acceptors (Lipinski definition) is 4. The number of hydrogen-bond donors (Lipinski definition) is 3. The average Bonchev–Trinajstić information content (AvgIpc) is 2.73. The lowest BCUT2D eigenvalue weighted by Gasteiger charge is -2.20. The molecule has 0 bridgehead atoms. The first-order chi connectivity index (χ1) is 14.8. The monoisotopic (exact) mass is 457 g/mol. The van der Waals surface area contributed by atoms with Crippen molar-refractivity contribution >= 4 is 52.0 Å². The van der Waals surface area contributed by atoms with Gasteiger partial charge in [0.25, 0.3) is 11.8 Å². The molecular formula is C23H21Cl2N3O3. The molecule has 0 saturated carbocycles. The number of carbonyl (C=O) groups excluding carboxylic acids is 2. The van der Waals surface area contributed by atoms with Gasteiger partial charge in [0.05, 0.1) is 16.8 Å². The Labute approximate surface area is 189 Å². The van der Waals surface area contributed by atoms with Gasteiger partial charge in [-0.3, -0.25) is 9.59 Å². The van der Waals surface area contributed by atoms with E-state index in [-0.39, 0.29) is 22.3 Å². The van der Waals surface area contributed by atoms with Gasteiger partial charge in [-0.15, -0.1) is 0 Å². The number of carbonyl (C=O) groups is 2. The maximum absolute atomic E-state index is 12.7. The Morgan fingerprint density at radius 2 is 1.81 bits per heavy atom. The van der Waals surface area contributed by atoms with Crippen LogP contribution in [0.15, 0.2) is 59.7 Å². The number of amides is 2. The molecule has 31 heavy (non-hydrogen) atoms. The number of nitrogens with zero attached hydrogens (tertiary/aromatic N) is 1. The van der Waals surface area contributed by atoms with Crippen LogP contribution in [0.25, 0.3) is 10.8 Å². The summed E-state index contributed by atoms with van der Waals surface area (Å²) in [6.45, 7) is 3.60. The Morgan fingerprint density at radius 3 is 2.52 bits per heavy atom. The van der Waals surface area contributed by atoms with Crippen molar-refractivity contribution in [3.8, 4) is 5.75 Å². The summed E-state index contributed by atoms with van der Waals surface area (Å²) < 4.78 is 0. The maximum atomic E-state index is 12.7. The molecule has 1 atom stereocenters. The summed E-state index contributed by atoms with van der Waals surface area (Å²) in [5, 5.41) is 19.2. The molecule has 0 aliphatic heterocycles. The third-order valence-electron chi connectivity index (χ3n) is 4.73. The minimum absolute atomic E-state index is 0.0443. The molecule has 160 valence electrons. The van der Waals surface area contributed by atoms with Gasteiger partial charge in [0.2, 0.25) is 0 Å². The SMILES string of the molecule is CC(C)C(NC(=O)c1ccc(Cl)cc1Cl)C(=O)N/N=C/c1c(O)ccc2ccccc12. The summed E-state index contributed by atoms with van der Waals surface area (Å²) in [6.07, 6.45) is 1.38. The highest BCUT2D eigenvalue weighted by molar-refractivity contribution is 6.36. The molecule has 0 fully saturated rings. The predicted octanol–water partition coefficient (Wildman–Crippen LogP) is 4.76. The third-order valence-corrected chi connectivity index (χ3v) is 5.28. The van der Waals surface area contributed by atoms with Gasteiger partial charge in [-0.1, -0.05) is 67.4 Å². The van der Waals surface area contributed by atoms with Crippen molar-refractivity contribution in [3.63, 3.8) is 0 Å². The Bertz CT molecular complexity index is 1160. The van der Waals surface area contributed by atoms with Gasteiger partial charge in [-0.05, 0) is 41.0 Å². The average molecular weight is 458 g/mol. The van der Waals surface area contributed by atoms with Gasteiger partial charge in [-0.25, -0.2) is 5.43 Å². The van der Waals surface area contributed by atoms with Crippen LogP contribution in [0.5, 0.6) is 5.75 Å². The highest BCUT2D eigenvalue weighted by Gasteiger charge is 2.25. The number of nitrogens with one attached hydrogen (secondary N) is 2. The normalized spacial score (nSPS) is 12.3. The quantitative estimate of drug-likeness (QED) is 0.368. The van der Waals surface area contributed by atoms with Gasteiger partial charge < -0.3 is 10.4 Å². The largest absolute Gasteiger partial charge is 0.507 e. The fourth-order valence-corrected chi connectivity index (χ4v) is 3.57. The zero-order valence-corrected chi connectivity index (χ0v) is 18.4. The predicted molar refractivity (Wildman–Crippen MR) is 124 cm³/mol. The van der Waals surface area contributed by atoms with Crippen LogP contribution in [-0.2, 0) is 4.79 Å². The summed E-state index contributed by atoms with van der Waals surface area (Å²) in [5.74, 6) is -1.16. The summed E-state index contributed by atoms with van der Waals surface area (Å²) in [4.78, 5) is 25.3. The molecule has 6 nitrogen and oxygen atoms in total. The molecule has 8 heteroatoms. The molecule has 0 spiro atoms. The number of phenolic OH excluding ortho intramolecular Hbond substituents is 1. The molecule has 0 radical (unpaired) electrons. The molecule has 3 aromatic rings. The molecule has 1 unspecified atom stereocenters. The van der Waals surface area contributed by atoms with E-state index < -0.39 is 17.9 Å². The molecule has 0 aliphatic rings. The summed E-state index contributed by atoms with van der Waals surface area (Å²) in [7, 11) is 0. The van der Waals surface area contributed by atoms with Crippen LogP contribution in [0.4, 0.5) is 0 Å². The van der Waals surface area contributed by atoms with Gasteiger partial charge in [-0.2, -0.15) is 5.10 Å². The van der Waals surface area contributed by atoms with Crippen molar-refractivity contribution in [3.05, 3.63) is 75.8 Å². The molecular weight excluding hydrogens is 437 g/mol. The fraction of sp³-hybridized carbons (Fsp3) is 0.174. The second kappa shape index (κ2) is 9.81. The van der Waals surface area contributed by atoms with E-state index in [9.17, 15) is 14.7 Å². The molecule has 0 aromatic heterocycles. The van der Waals surface area contributed by atoms with E-state index in [1.165, 1.54) is 18.3 Å². The van der Waals surface area contributed by atoms with Gasteiger partial charge in [0, 0.05) is 10.6 Å². The number of phenols is 1. The van der Waals surface area contributed by atoms with Crippen LogP contribution in [0.1, 0.15) is 29.8 Å². The van der Waals surface area contributed by atoms with E-state index in [0.717, 1.165) is 10.8 Å². The smallest absolute Gasteiger partial charge is 0.262 e. The van der Waals surface area contributed by atoms with Gasteiger partial charge >= 0.3 is 0 Å². The number of halogens is 2. The van der Waals surface area contributed by atoms with E-state index in [2.05, 4.69) is 15.8 Å². The van der Waals surface area contributed by atoms with Gasteiger partial charge in [0.15, 0.2) is 0 Å². The first kappa shape index (κ1) is 22.6. The molecule has 3 rings (SSSR count). The highest BCUT2D eigenvalue weighted by atomic mass is 35.5. The zero-order valence-electron chi connectivity index (χ0n) is 16.9. The van der Waals surface area contributed by atoms with Crippen LogP contribution in [-0.4, -0.2) is 29.2 Å². The van der Waals surface area contributed by atoms with Crippen molar-refractivity contribution in [2.75, 3.05) is 0 Å². The van der Waals surface area contributed by atoms with E-state index in [1.807, 2.05) is 24.3 Å². The van der Waals surface area contributed by atoms with Crippen LogP contribution < -0.4 is 10.7 Å². The van der Waals surface area contributed by atoms with Crippen molar-refractivity contribution < 1.29 is 14.7 Å². The molecule has 3 N–H and O–H groups in total. The first-order valence-electron chi connectivity index (χ1n) is 9.57. The van der Waals surface area contributed by atoms with Crippen LogP contribution in [0.3, 0.4) is 0 Å². The standard InChI is InChI=1S/C23H21Cl2N3O3/c1-13(2)21(27-22(30)17-9-8-15(24)11-19(17)25)23(31)28-26-12-18-16-6-4-3-5-14(16)7-10-20(18)29/h3-13,21,29H,1-2H3,(H,27,30)(H,28,31)/b26-12+. The summed E-state index contributed by atoms with van der Waals surface area (Å²) in [5.41, 5.74) is 3.13. The lowest BCUT2D eigenvalue weighted by molar-refractivity contribution is -0.123. The Morgan fingerprint density at radius 1 is 1.06 bits per heavy atom. The highest BCUT2D eigenvalue weighted by Crippen LogP contribution is 2.25. The van der Waals surface area contributed by atoms with E-state index in [1.54, 1.807) is 32.0 Å². The lowest BCUT2D eigenvalue weighted by Crippen LogP contribution is -2.48. The summed E-state index contributed by atoms with van der Waals surface area (Å²) in [6, 6.07) is 14.5. The third kappa shape index (κ3) is 5.34. The number of aromatic hydroxyl groups is 1. The number of benzene rings is 3. The summed E-state index contributed by atoms with van der Waals surface area (Å²) >= 11 is 12.0. The second-order valence-electron chi connectivity index (χ2n) is 7.27. The molecule has 3 aromatic carbocycles. The number of hydrazone groups is 1. The second-order valence-corrected chi connectivity index (χ2v) is 8.12. The van der Waals surface area contributed by atoms with Crippen molar-refractivity contribution in [2.24, 2.45) is 11.0 Å². The minimum atomic E-state index is -0.850. The lowest BCUT2D eigenvalue weighted by atomic mass is 10.0. The number of fused-ring (bicyclic) bond motifs is 1. The maximum Gasteiger partial charge on any atom is 0.262 e. The Balaban J connectivity index is 1.74. The van der Waals surface area contributed by atoms with Crippen LogP contribution in [0.2, 0.25) is 10.0 Å². The fourth-order valence-electron chi connectivity index (χ4n) is 3.08. The first-order valence-corrected chi connectivity index (χ1v) is 10.3. The zero-order chi connectivity index (χ0) is 22.5. The van der Waals surface area contributed by atoms with Crippen molar-refractivity contribution in [2.45, 2.75) is 19.9 Å². The van der Waals surface area contributed by atoms with Crippen molar-refractivity contribution in [1.29, 1.82) is 0 Å². The van der Waals surface area contributed by atoms with E-state index >= 15 is 0 Å². The molecule has 2 amide bonds. The minimum Gasteiger partial charge on any atom is -0.507 e. The molecule has 0 aliphatic carbocycles. The topological polar surface area (TPSA) is 90.8 Å². The number of rotatable bonds is 6. The van der Waals surface area contributed by atoms with Crippen LogP contribution >= 0.6 is 23.2 Å². The van der Waals surface area contributed by atoms with E-state index in [4.69, 9.17) is 23.2 Å².